The number of likely N-dealkylation sites (tertiary alicyclic amines) is 1. The lowest BCUT2D eigenvalue weighted by Crippen LogP contribution is -2.42. The van der Waals surface area contributed by atoms with Crippen molar-refractivity contribution in [3.05, 3.63) is 18.0 Å². The van der Waals surface area contributed by atoms with Gasteiger partial charge in [-0.05, 0) is 32.3 Å². The molecule has 0 aliphatic carbocycles. The minimum Gasteiger partial charge on any atom is -0.464 e. The molecule has 1 aromatic rings. The van der Waals surface area contributed by atoms with E-state index in [0.717, 1.165) is 19.4 Å². The van der Waals surface area contributed by atoms with Gasteiger partial charge in [0, 0.05) is 19.3 Å². The van der Waals surface area contributed by atoms with Crippen LogP contribution < -0.4 is 5.73 Å². The third-order valence-electron chi connectivity index (χ3n) is 3.67. The molecule has 2 rings (SSSR count). The van der Waals surface area contributed by atoms with Gasteiger partial charge in [-0.15, -0.1) is 0 Å². The molecule has 0 spiro atoms. The van der Waals surface area contributed by atoms with Crippen LogP contribution in [0.15, 0.2) is 12.3 Å². The number of amides is 1. The molecule has 0 bridgehead atoms. The SMILES string of the molecule is CCCn1cc(N)cc1C(=O)N1CCCC1C(=O)OCC. The number of carbonyl (C=O) groups is 2. The number of nitrogens with zero attached hydrogens (tertiary/aromatic N) is 2. The van der Waals surface area contributed by atoms with Gasteiger partial charge < -0.3 is 19.9 Å². The van der Waals surface area contributed by atoms with E-state index in [1.165, 1.54) is 0 Å². The summed E-state index contributed by atoms with van der Waals surface area (Å²) >= 11 is 0. The van der Waals surface area contributed by atoms with E-state index in [1.54, 1.807) is 24.1 Å². The molecule has 1 amide bonds. The second-order valence-electron chi connectivity index (χ2n) is 5.26. The molecule has 6 heteroatoms. The van der Waals surface area contributed by atoms with Crippen LogP contribution in [0.5, 0.6) is 0 Å². The van der Waals surface area contributed by atoms with Crippen LogP contribution in [0, 0.1) is 0 Å². The number of esters is 1. The lowest BCUT2D eigenvalue weighted by molar-refractivity contribution is -0.147. The quantitative estimate of drug-likeness (QED) is 0.837. The zero-order chi connectivity index (χ0) is 15.4. The third-order valence-corrected chi connectivity index (χ3v) is 3.67. The van der Waals surface area contributed by atoms with Crippen LogP contribution in [0.25, 0.3) is 0 Å². The molecular formula is C15H23N3O3. The number of ether oxygens (including phenoxy) is 1. The van der Waals surface area contributed by atoms with Crippen LogP contribution in [0.1, 0.15) is 43.6 Å². The largest absolute Gasteiger partial charge is 0.464 e. The van der Waals surface area contributed by atoms with E-state index >= 15 is 0 Å². The maximum Gasteiger partial charge on any atom is 0.328 e. The van der Waals surface area contributed by atoms with E-state index in [-0.39, 0.29) is 11.9 Å². The van der Waals surface area contributed by atoms with E-state index < -0.39 is 6.04 Å². The summed E-state index contributed by atoms with van der Waals surface area (Å²) in [5, 5.41) is 0. The number of aromatic nitrogens is 1. The average molecular weight is 293 g/mol. The molecule has 1 aliphatic rings. The highest BCUT2D eigenvalue weighted by Crippen LogP contribution is 2.23. The van der Waals surface area contributed by atoms with Crippen LogP contribution in [0.3, 0.4) is 0 Å². The molecule has 1 atom stereocenters. The van der Waals surface area contributed by atoms with Crippen molar-refractivity contribution in [2.45, 2.75) is 45.7 Å². The highest BCUT2D eigenvalue weighted by molar-refractivity contribution is 5.96. The summed E-state index contributed by atoms with van der Waals surface area (Å²) in [6.45, 7) is 5.46. The maximum absolute atomic E-state index is 12.7. The Hall–Kier alpha value is -1.98. The van der Waals surface area contributed by atoms with Crippen molar-refractivity contribution in [2.75, 3.05) is 18.9 Å². The minimum atomic E-state index is -0.469. The summed E-state index contributed by atoms with van der Waals surface area (Å²) in [7, 11) is 0. The van der Waals surface area contributed by atoms with Crippen molar-refractivity contribution in [1.82, 2.24) is 9.47 Å². The predicted molar refractivity (Wildman–Crippen MR) is 79.8 cm³/mol. The summed E-state index contributed by atoms with van der Waals surface area (Å²) in [4.78, 5) is 26.3. The molecular weight excluding hydrogens is 270 g/mol. The molecule has 2 N–H and O–H groups in total. The molecule has 1 aromatic heterocycles. The Bertz CT molecular complexity index is 524. The standard InChI is InChI=1S/C15H23N3O3/c1-3-7-17-10-11(16)9-13(17)14(19)18-8-5-6-12(18)15(20)21-4-2/h9-10,12H,3-8,16H2,1-2H3. The summed E-state index contributed by atoms with van der Waals surface area (Å²) in [6, 6.07) is 1.21. The number of hydrogen-bond donors (Lipinski definition) is 1. The normalized spacial score (nSPS) is 18.0. The molecule has 6 nitrogen and oxygen atoms in total. The van der Waals surface area contributed by atoms with E-state index in [1.807, 2.05) is 11.5 Å². The lowest BCUT2D eigenvalue weighted by Gasteiger charge is -2.23. The number of rotatable bonds is 5. The molecule has 0 radical (unpaired) electrons. The van der Waals surface area contributed by atoms with E-state index in [0.29, 0.717) is 31.0 Å². The highest BCUT2D eigenvalue weighted by atomic mass is 16.5. The summed E-state index contributed by atoms with van der Waals surface area (Å²) in [5.41, 5.74) is 6.92. The van der Waals surface area contributed by atoms with E-state index in [9.17, 15) is 9.59 Å². The highest BCUT2D eigenvalue weighted by Gasteiger charge is 2.36. The molecule has 1 saturated heterocycles. The maximum atomic E-state index is 12.7. The van der Waals surface area contributed by atoms with E-state index in [2.05, 4.69) is 0 Å². The molecule has 1 aliphatic heterocycles. The van der Waals surface area contributed by atoms with Crippen molar-refractivity contribution < 1.29 is 14.3 Å². The fourth-order valence-corrected chi connectivity index (χ4v) is 2.78. The Kier molecular flexibility index (Phi) is 4.88. The number of anilines is 1. The zero-order valence-corrected chi connectivity index (χ0v) is 12.7. The Morgan fingerprint density at radius 2 is 2.19 bits per heavy atom. The summed E-state index contributed by atoms with van der Waals surface area (Å²) in [6.07, 6.45) is 4.16. The van der Waals surface area contributed by atoms with Gasteiger partial charge in [-0.1, -0.05) is 6.92 Å². The monoisotopic (exact) mass is 293 g/mol. The van der Waals surface area contributed by atoms with Crippen molar-refractivity contribution >= 4 is 17.6 Å². The van der Waals surface area contributed by atoms with Gasteiger partial charge >= 0.3 is 5.97 Å². The predicted octanol–water partition coefficient (Wildman–Crippen LogP) is 1.65. The zero-order valence-electron chi connectivity index (χ0n) is 12.7. The number of nitrogens with two attached hydrogens (primary N) is 1. The van der Waals surface area contributed by atoms with Crippen LogP contribution in [-0.4, -0.2) is 40.5 Å². The van der Waals surface area contributed by atoms with Gasteiger partial charge in [-0.3, -0.25) is 4.79 Å². The Balaban J connectivity index is 2.20. The van der Waals surface area contributed by atoms with Gasteiger partial charge in [-0.25, -0.2) is 4.79 Å². The fourth-order valence-electron chi connectivity index (χ4n) is 2.78. The van der Waals surface area contributed by atoms with Crippen LogP contribution >= 0.6 is 0 Å². The molecule has 21 heavy (non-hydrogen) atoms. The van der Waals surface area contributed by atoms with Gasteiger partial charge in [0.2, 0.25) is 0 Å². The third kappa shape index (κ3) is 3.20. The lowest BCUT2D eigenvalue weighted by atomic mass is 10.2. The van der Waals surface area contributed by atoms with E-state index in [4.69, 9.17) is 10.5 Å². The van der Waals surface area contributed by atoms with Crippen LogP contribution in [0.2, 0.25) is 0 Å². The molecule has 0 saturated carbocycles. The number of aryl methyl sites for hydroxylation is 1. The Morgan fingerprint density at radius 1 is 1.43 bits per heavy atom. The minimum absolute atomic E-state index is 0.143. The second kappa shape index (κ2) is 6.65. The summed E-state index contributed by atoms with van der Waals surface area (Å²) < 4.78 is 6.92. The molecule has 1 fully saturated rings. The van der Waals surface area contributed by atoms with Crippen molar-refractivity contribution in [3.63, 3.8) is 0 Å². The first-order chi connectivity index (χ1) is 10.1. The van der Waals surface area contributed by atoms with Gasteiger partial charge in [0.1, 0.15) is 11.7 Å². The fraction of sp³-hybridized carbons (Fsp3) is 0.600. The Labute approximate surface area is 124 Å². The smallest absolute Gasteiger partial charge is 0.328 e. The van der Waals surface area contributed by atoms with Gasteiger partial charge in [0.15, 0.2) is 0 Å². The van der Waals surface area contributed by atoms with Gasteiger partial charge in [0.25, 0.3) is 5.91 Å². The topological polar surface area (TPSA) is 77.6 Å². The first-order valence-corrected chi connectivity index (χ1v) is 7.51. The first-order valence-electron chi connectivity index (χ1n) is 7.51. The number of hydrogen-bond acceptors (Lipinski definition) is 4. The van der Waals surface area contributed by atoms with Crippen molar-refractivity contribution in [1.29, 1.82) is 0 Å². The molecule has 116 valence electrons. The molecule has 0 aromatic carbocycles. The Morgan fingerprint density at radius 3 is 2.86 bits per heavy atom. The number of carbonyl (C=O) groups excluding carboxylic acids is 2. The second-order valence-corrected chi connectivity index (χ2v) is 5.26. The number of nitrogen functional groups attached to an aromatic ring is 1. The summed E-state index contributed by atoms with van der Waals surface area (Å²) in [5.74, 6) is -0.458. The van der Waals surface area contributed by atoms with Crippen molar-refractivity contribution in [3.8, 4) is 0 Å². The van der Waals surface area contributed by atoms with Gasteiger partial charge in [0.05, 0.1) is 12.3 Å². The van der Waals surface area contributed by atoms with Crippen LogP contribution in [-0.2, 0) is 16.1 Å². The average Bonchev–Trinajstić information content (AvgIpc) is 3.05. The van der Waals surface area contributed by atoms with Crippen molar-refractivity contribution in [2.24, 2.45) is 0 Å². The first kappa shape index (κ1) is 15.4. The van der Waals surface area contributed by atoms with Gasteiger partial charge in [-0.2, -0.15) is 0 Å². The van der Waals surface area contributed by atoms with Crippen LogP contribution in [0.4, 0.5) is 5.69 Å². The molecule has 2 heterocycles. The molecule has 1 unspecified atom stereocenters.